The minimum absolute atomic E-state index is 0.264. The molecule has 6 heteroatoms. The summed E-state index contributed by atoms with van der Waals surface area (Å²) in [6, 6.07) is 18.8. The van der Waals surface area contributed by atoms with Crippen molar-refractivity contribution in [2.75, 3.05) is 32.1 Å². The van der Waals surface area contributed by atoms with Gasteiger partial charge in [-0.1, -0.05) is 30.3 Å². The van der Waals surface area contributed by atoms with Crippen LogP contribution in [0.3, 0.4) is 0 Å². The molecular formula is C24H31N5O. The van der Waals surface area contributed by atoms with Crippen LogP contribution in [-0.2, 0) is 6.42 Å². The largest absolute Gasteiger partial charge is 0.497 e. The van der Waals surface area contributed by atoms with Gasteiger partial charge in [0.2, 0.25) is 5.95 Å². The summed E-state index contributed by atoms with van der Waals surface area (Å²) in [5.74, 6) is 1.51. The summed E-state index contributed by atoms with van der Waals surface area (Å²) in [6.07, 6.45) is 3.66. The lowest BCUT2D eigenvalue weighted by atomic mass is 10.0. The van der Waals surface area contributed by atoms with Gasteiger partial charge in [-0.3, -0.25) is 0 Å². The predicted molar refractivity (Wildman–Crippen MR) is 123 cm³/mol. The number of anilines is 1. The van der Waals surface area contributed by atoms with E-state index in [0.29, 0.717) is 12.5 Å². The normalized spacial score (nSPS) is 11.8. The van der Waals surface area contributed by atoms with Crippen molar-refractivity contribution in [2.45, 2.75) is 25.8 Å². The molecule has 0 fully saturated rings. The Morgan fingerprint density at radius 3 is 2.67 bits per heavy atom. The number of rotatable bonds is 11. The first-order valence-electron chi connectivity index (χ1n) is 10.4. The van der Waals surface area contributed by atoms with Crippen LogP contribution in [-0.4, -0.2) is 36.7 Å². The molecule has 0 bridgehead atoms. The van der Waals surface area contributed by atoms with E-state index in [2.05, 4.69) is 58.9 Å². The summed E-state index contributed by atoms with van der Waals surface area (Å²) in [5.41, 5.74) is 10.0. The Morgan fingerprint density at radius 1 is 1.07 bits per heavy atom. The van der Waals surface area contributed by atoms with Gasteiger partial charge in [-0.05, 0) is 68.2 Å². The Hall–Kier alpha value is -2.96. The molecule has 1 heterocycles. The van der Waals surface area contributed by atoms with Gasteiger partial charge in [-0.25, -0.2) is 9.97 Å². The number of hydrogen-bond acceptors (Lipinski definition) is 6. The smallest absolute Gasteiger partial charge is 0.223 e. The number of nitrogens with zero attached hydrogens (tertiary/aromatic N) is 2. The maximum absolute atomic E-state index is 5.58. The van der Waals surface area contributed by atoms with E-state index in [0.717, 1.165) is 42.9 Å². The van der Waals surface area contributed by atoms with Gasteiger partial charge in [-0.15, -0.1) is 0 Å². The van der Waals surface area contributed by atoms with Crippen LogP contribution in [0.15, 0.2) is 60.8 Å². The molecular weight excluding hydrogens is 374 g/mol. The van der Waals surface area contributed by atoms with Crippen molar-refractivity contribution in [3.8, 4) is 17.0 Å². The van der Waals surface area contributed by atoms with E-state index < -0.39 is 0 Å². The van der Waals surface area contributed by atoms with Crippen molar-refractivity contribution < 1.29 is 4.74 Å². The molecule has 3 rings (SSSR count). The van der Waals surface area contributed by atoms with E-state index in [9.17, 15) is 0 Å². The molecule has 3 aromatic rings. The first kappa shape index (κ1) is 21.7. The number of aromatic nitrogens is 2. The zero-order valence-electron chi connectivity index (χ0n) is 17.8. The first-order valence-corrected chi connectivity index (χ1v) is 10.4. The maximum Gasteiger partial charge on any atom is 0.223 e. The van der Waals surface area contributed by atoms with Crippen molar-refractivity contribution in [1.82, 2.24) is 15.3 Å². The lowest BCUT2D eigenvalue weighted by Gasteiger charge is -2.15. The molecule has 1 atom stereocenters. The molecule has 0 aliphatic heterocycles. The van der Waals surface area contributed by atoms with Crippen molar-refractivity contribution >= 4 is 5.95 Å². The molecule has 0 saturated heterocycles. The molecule has 1 unspecified atom stereocenters. The highest BCUT2D eigenvalue weighted by atomic mass is 16.5. The molecule has 158 valence electrons. The molecule has 0 spiro atoms. The average Bonchev–Trinajstić information content (AvgIpc) is 2.80. The number of methoxy groups -OCH3 is 1. The molecule has 0 aliphatic rings. The molecule has 6 nitrogen and oxygen atoms in total. The van der Waals surface area contributed by atoms with Crippen LogP contribution in [0.2, 0.25) is 0 Å². The third-order valence-corrected chi connectivity index (χ3v) is 5.03. The summed E-state index contributed by atoms with van der Waals surface area (Å²) in [6.45, 7) is 4.55. The highest BCUT2D eigenvalue weighted by Crippen LogP contribution is 2.22. The summed E-state index contributed by atoms with van der Waals surface area (Å²) >= 11 is 0. The maximum atomic E-state index is 5.58. The summed E-state index contributed by atoms with van der Waals surface area (Å²) < 4.78 is 5.20. The molecule has 0 radical (unpaired) electrons. The number of benzene rings is 2. The van der Waals surface area contributed by atoms with Crippen molar-refractivity contribution in [1.29, 1.82) is 0 Å². The topological polar surface area (TPSA) is 85.1 Å². The van der Waals surface area contributed by atoms with Gasteiger partial charge in [0, 0.05) is 24.3 Å². The van der Waals surface area contributed by atoms with Gasteiger partial charge in [0.15, 0.2) is 0 Å². The number of nitrogens with one attached hydrogen (secondary N) is 2. The van der Waals surface area contributed by atoms with Gasteiger partial charge in [0.05, 0.1) is 12.8 Å². The number of nitrogens with two attached hydrogens (primary N) is 1. The highest BCUT2D eigenvalue weighted by molar-refractivity contribution is 5.61. The molecule has 4 N–H and O–H groups in total. The summed E-state index contributed by atoms with van der Waals surface area (Å²) in [7, 11) is 1.68. The average molecular weight is 406 g/mol. The quantitative estimate of drug-likeness (QED) is 0.421. The lowest BCUT2D eigenvalue weighted by molar-refractivity contribution is 0.414. The van der Waals surface area contributed by atoms with E-state index in [1.807, 2.05) is 18.2 Å². The Labute approximate surface area is 178 Å². The predicted octanol–water partition coefficient (Wildman–Crippen LogP) is 3.81. The second-order valence-corrected chi connectivity index (χ2v) is 7.23. The fourth-order valence-corrected chi connectivity index (χ4v) is 3.22. The molecule has 2 aromatic carbocycles. The van der Waals surface area contributed by atoms with E-state index >= 15 is 0 Å². The second-order valence-electron chi connectivity index (χ2n) is 7.23. The van der Waals surface area contributed by atoms with Crippen molar-refractivity contribution in [3.63, 3.8) is 0 Å². The van der Waals surface area contributed by atoms with Crippen molar-refractivity contribution in [3.05, 3.63) is 71.9 Å². The van der Waals surface area contributed by atoms with Gasteiger partial charge >= 0.3 is 0 Å². The zero-order valence-corrected chi connectivity index (χ0v) is 17.8. The minimum Gasteiger partial charge on any atom is -0.497 e. The third kappa shape index (κ3) is 6.27. The van der Waals surface area contributed by atoms with Crippen LogP contribution >= 0.6 is 0 Å². The highest BCUT2D eigenvalue weighted by Gasteiger charge is 2.08. The Morgan fingerprint density at radius 2 is 1.90 bits per heavy atom. The lowest BCUT2D eigenvalue weighted by Crippen LogP contribution is -2.21. The Bertz CT molecular complexity index is 913. The van der Waals surface area contributed by atoms with Crippen LogP contribution in [0.4, 0.5) is 5.95 Å². The molecule has 0 aliphatic carbocycles. The molecule has 0 saturated carbocycles. The van der Waals surface area contributed by atoms with Crippen LogP contribution in [0.25, 0.3) is 11.3 Å². The summed E-state index contributed by atoms with van der Waals surface area (Å²) in [5, 5.41) is 6.83. The van der Waals surface area contributed by atoms with Crippen LogP contribution in [0.1, 0.15) is 30.5 Å². The van der Waals surface area contributed by atoms with E-state index in [-0.39, 0.29) is 6.04 Å². The van der Waals surface area contributed by atoms with Crippen LogP contribution in [0, 0.1) is 0 Å². The van der Waals surface area contributed by atoms with Gasteiger partial charge in [0.1, 0.15) is 5.75 Å². The fourth-order valence-electron chi connectivity index (χ4n) is 3.22. The summed E-state index contributed by atoms with van der Waals surface area (Å²) in [4.78, 5) is 9.06. The third-order valence-electron chi connectivity index (χ3n) is 5.03. The fraction of sp³-hybridized carbons (Fsp3) is 0.333. The second kappa shape index (κ2) is 11.3. The van der Waals surface area contributed by atoms with E-state index in [1.165, 1.54) is 11.1 Å². The zero-order chi connectivity index (χ0) is 21.2. The number of ether oxygens (including phenoxy) is 1. The first-order chi connectivity index (χ1) is 14.7. The van der Waals surface area contributed by atoms with Crippen LogP contribution in [0.5, 0.6) is 5.75 Å². The van der Waals surface area contributed by atoms with E-state index in [1.54, 1.807) is 13.3 Å². The monoisotopic (exact) mass is 405 g/mol. The standard InChI is InChI=1S/C24H31N5O/c1-18(26-14-4-13-25)20-5-3-6-21(17-20)23-12-16-28-24(29-23)27-15-11-19-7-9-22(30-2)10-8-19/h3,5-10,12,16-18,26H,4,11,13-15,25H2,1-2H3,(H,27,28,29). The minimum atomic E-state index is 0.264. The van der Waals surface area contributed by atoms with E-state index in [4.69, 9.17) is 15.5 Å². The molecule has 30 heavy (non-hydrogen) atoms. The van der Waals surface area contributed by atoms with Crippen molar-refractivity contribution in [2.24, 2.45) is 5.73 Å². The molecule has 0 amide bonds. The Kier molecular flexibility index (Phi) is 8.18. The number of hydrogen-bond donors (Lipinski definition) is 3. The SMILES string of the molecule is COc1ccc(CCNc2nccc(-c3cccc(C(C)NCCCN)c3)n2)cc1. The molecule has 1 aromatic heterocycles. The van der Waals surface area contributed by atoms with Gasteiger partial charge in [0.25, 0.3) is 0 Å². The van der Waals surface area contributed by atoms with Crippen LogP contribution < -0.4 is 21.1 Å². The van der Waals surface area contributed by atoms with Gasteiger partial charge in [-0.2, -0.15) is 0 Å². The Balaban J connectivity index is 1.61. The van der Waals surface area contributed by atoms with Gasteiger partial charge < -0.3 is 21.1 Å².